The molecule has 0 saturated heterocycles. The van der Waals surface area contributed by atoms with E-state index in [1.807, 2.05) is 17.6 Å². The van der Waals surface area contributed by atoms with Crippen LogP contribution in [0.2, 0.25) is 5.02 Å². The van der Waals surface area contributed by atoms with Crippen LogP contribution in [0.15, 0.2) is 47.8 Å². The molecule has 1 aliphatic rings. The number of aryl methyl sites for hydroxylation is 1. The maximum atomic E-state index is 11.6. The van der Waals surface area contributed by atoms with Crippen molar-refractivity contribution in [2.45, 2.75) is 20.1 Å². The molecule has 1 atom stereocenters. The lowest BCUT2D eigenvalue weighted by molar-refractivity contribution is -0.146. The molecule has 4 rings (SSSR count). The zero-order valence-electron chi connectivity index (χ0n) is 14.0. The van der Waals surface area contributed by atoms with Crippen LogP contribution in [0.5, 0.6) is 0 Å². The van der Waals surface area contributed by atoms with E-state index in [4.69, 9.17) is 16.3 Å². The Morgan fingerprint density at radius 1 is 1.23 bits per heavy atom. The lowest BCUT2D eigenvalue weighted by atomic mass is 10.1. The zero-order valence-corrected chi connectivity index (χ0v) is 14.8. The Kier molecular flexibility index (Phi) is 4.00. The molecule has 0 bridgehead atoms. The first-order valence-corrected chi connectivity index (χ1v) is 8.29. The van der Waals surface area contributed by atoms with Crippen LogP contribution >= 0.6 is 11.6 Å². The van der Waals surface area contributed by atoms with E-state index in [2.05, 4.69) is 19.9 Å². The van der Waals surface area contributed by atoms with Crippen molar-refractivity contribution in [2.75, 3.05) is 0 Å². The quantitative estimate of drug-likeness (QED) is 0.650. The number of hydrogen-bond donors (Lipinski definition) is 0. The van der Waals surface area contributed by atoms with E-state index >= 15 is 0 Å². The first-order valence-electron chi connectivity index (χ1n) is 7.91. The monoisotopic (exact) mass is 367 g/mol. The third-order valence-corrected chi connectivity index (χ3v) is 4.18. The number of halogens is 1. The molecule has 1 aromatic carbocycles. The normalized spacial score (nSPS) is 15.5. The molecule has 0 aliphatic carbocycles. The molecule has 2 aromatic heterocycles. The molecule has 7 nitrogen and oxygen atoms in total. The van der Waals surface area contributed by atoms with E-state index in [9.17, 15) is 4.79 Å². The second-order valence-corrected chi connectivity index (χ2v) is 6.20. The molecular weight excluding hydrogens is 354 g/mol. The van der Waals surface area contributed by atoms with Gasteiger partial charge in [0.2, 0.25) is 0 Å². The van der Waals surface area contributed by atoms with Crippen molar-refractivity contribution in [1.29, 1.82) is 0 Å². The van der Waals surface area contributed by atoms with Gasteiger partial charge in [-0.1, -0.05) is 11.6 Å². The molecule has 26 heavy (non-hydrogen) atoms. The van der Waals surface area contributed by atoms with Crippen molar-refractivity contribution in [3.05, 3.63) is 70.8 Å². The smallest absolute Gasteiger partial charge is 0.304 e. The number of hydrogen-bond acceptors (Lipinski definition) is 6. The minimum Gasteiger partial charge on any atom is -0.432 e. The number of benzene rings is 1. The van der Waals surface area contributed by atoms with Crippen molar-refractivity contribution in [2.24, 2.45) is 4.99 Å². The van der Waals surface area contributed by atoms with Gasteiger partial charge in [-0.15, -0.1) is 0 Å². The summed E-state index contributed by atoms with van der Waals surface area (Å²) in [6.07, 6.45) is 4.06. The number of rotatable bonds is 2. The second kappa shape index (κ2) is 6.34. The molecule has 8 heteroatoms. The molecular formula is C18H14ClN5O2. The number of carbonyl (C=O) groups excluding carboxylic acids is 1. The first-order chi connectivity index (χ1) is 12.5. The van der Waals surface area contributed by atoms with E-state index < -0.39 is 12.2 Å². The molecule has 1 aliphatic heterocycles. The van der Waals surface area contributed by atoms with Crippen molar-refractivity contribution in [3.8, 4) is 5.69 Å². The summed E-state index contributed by atoms with van der Waals surface area (Å²) in [7, 11) is 0. The molecule has 0 spiro atoms. The van der Waals surface area contributed by atoms with E-state index in [0.717, 1.165) is 16.9 Å². The van der Waals surface area contributed by atoms with Crippen LogP contribution in [0.4, 0.5) is 0 Å². The van der Waals surface area contributed by atoms with Gasteiger partial charge in [-0.05, 0) is 31.2 Å². The Bertz CT molecular complexity index is 1030. The van der Waals surface area contributed by atoms with E-state index in [1.54, 1.807) is 36.8 Å². The standard InChI is InChI=1S/C18H14ClN5O2/c1-10-9-22-17-18(26-11(2)25)23-15(16-20-6-3-7-21-16)13-8-12(19)4-5-14(13)24(10)17/h3-9,18H,1-2H3. The van der Waals surface area contributed by atoms with Gasteiger partial charge >= 0.3 is 5.97 Å². The summed E-state index contributed by atoms with van der Waals surface area (Å²) in [5, 5.41) is 0.553. The fourth-order valence-corrected chi connectivity index (χ4v) is 3.09. The summed E-state index contributed by atoms with van der Waals surface area (Å²) in [4.78, 5) is 29.3. The zero-order chi connectivity index (χ0) is 18.3. The van der Waals surface area contributed by atoms with Crippen LogP contribution in [0, 0.1) is 6.92 Å². The predicted octanol–water partition coefficient (Wildman–Crippen LogP) is 3.04. The number of aromatic nitrogens is 4. The van der Waals surface area contributed by atoms with Crippen LogP contribution in [0.3, 0.4) is 0 Å². The van der Waals surface area contributed by atoms with Gasteiger partial charge in [0.05, 0.1) is 5.69 Å². The molecule has 1 unspecified atom stereocenters. The third kappa shape index (κ3) is 2.76. The minimum absolute atomic E-state index is 0.413. The Morgan fingerprint density at radius 2 is 2.00 bits per heavy atom. The van der Waals surface area contributed by atoms with Crippen molar-refractivity contribution < 1.29 is 9.53 Å². The van der Waals surface area contributed by atoms with E-state index in [1.165, 1.54) is 6.92 Å². The summed E-state index contributed by atoms with van der Waals surface area (Å²) in [6, 6.07) is 7.19. The number of aliphatic imine (C=N–C) groups is 1. The third-order valence-electron chi connectivity index (χ3n) is 3.94. The van der Waals surface area contributed by atoms with Gasteiger partial charge in [0.1, 0.15) is 5.71 Å². The highest BCUT2D eigenvalue weighted by Crippen LogP contribution is 2.32. The maximum absolute atomic E-state index is 11.6. The van der Waals surface area contributed by atoms with Crippen LogP contribution in [-0.4, -0.2) is 31.2 Å². The Balaban J connectivity index is 2.04. The first kappa shape index (κ1) is 16.4. The second-order valence-electron chi connectivity index (χ2n) is 5.77. The molecule has 0 N–H and O–H groups in total. The van der Waals surface area contributed by atoms with E-state index in [0.29, 0.717) is 22.4 Å². The highest BCUT2D eigenvalue weighted by atomic mass is 35.5. The molecule has 0 amide bonds. The Labute approximate surface area is 154 Å². The largest absolute Gasteiger partial charge is 0.432 e. The summed E-state index contributed by atoms with van der Waals surface area (Å²) < 4.78 is 7.33. The summed E-state index contributed by atoms with van der Waals surface area (Å²) in [6.45, 7) is 3.26. The van der Waals surface area contributed by atoms with Gasteiger partial charge in [-0.25, -0.2) is 19.9 Å². The fourth-order valence-electron chi connectivity index (χ4n) is 2.92. The van der Waals surface area contributed by atoms with Crippen LogP contribution in [0.25, 0.3) is 5.69 Å². The predicted molar refractivity (Wildman–Crippen MR) is 95.5 cm³/mol. The molecule has 3 heterocycles. The molecule has 0 radical (unpaired) electrons. The molecule has 130 valence electrons. The highest BCUT2D eigenvalue weighted by molar-refractivity contribution is 6.31. The van der Waals surface area contributed by atoms with Gasteiger partial charge in [-0.3, -0.25) is 9.36 Å². The van der Waals surface area contributed by atoms with Crippen LogP contribution in [-0.2, 0) is 9.53 Å². The SMILES string of the molecule is CC(=O)OC1N=C(c2ncccn2)c2cc(Cl)ccc2-n2c(C)cnc21. The fraction of sp³-hybridized carbons (Fsp3) is 0.167. The van der Waals surface area contributed by atoms with Crippen LogP contribution < -0.4 is 0 Å². The van der Waals surface area contributed by atoms with Crippen molar-refractivity contribution in [1.82, 2.24) is 19.5 Å². The molecule has 3 aromatic rings. The number of esters is 1. The van der Waals surface area contributed by atoms with Crippen molar-refractivity contribution >= 4 is 23.3 Å². The van der Waals surface area contributed by atoms with Gasteiger partial charge in [0, 0.05) is 41.8 Å². The van der Waals surface area contributed by atoms with Gasteiger partial charge < -0.3 is 4.74 Å². The molecule has 0 fully saturated rings. The number of ether oxygens (including phenoxy) is 1. The minimum atomic E-state index is -0.911. The lowest BCUT2D eigenvalue weighted by Gasteiger charge is -2.14. The van der Waals surface area contributed by atoms with Gasteiger partial charge in [-0.2, -0.15) is 0 Å². The lowest BCUT2D eigenvalue weighted by Crippen LogP contribution is -2.13. The van der Waals surface area contributed by atoms with E-state index in [-0.39, 0.29) is 0 Å². The van der Waals surface area contributed by atoms with Crippen molar-refractivity contribution in [3.63, 3.8) is 0 Å². The summed E-state index contributed by atoms with van der Waals surface area (Å²) in [5.74, 6) is 0.465. The topological polar surface area (TPSA) is 82.3 Å². The average Bonchev–Trinajstić information content (AvgIpc) is 2.94. The Hall–Kier alpha value is -3.06. The molecule has 0 saturated carbocycles. The summed E-state index contributed by atoms with van der Waals surface area (Å²) in [5.41, 5.74) is 2.92. The number of carbonyl (C=O) groups is 1. The number of nitrogens with zero attached hydrogens (tertiary/aromatic N) is 5. The van der Waals surface area contributed by atoms with Gasteiger partial charge in [0.15, 0.2) is 11.6 Å². The highest BCUT2D eigenvalue weighted by Gasteiger charge is 2.29. The number of imidazole rings is 1. The Morgan fingerprint density at radius 3 is 2.73 bits per heavy atom. The number of fused-ring (bicyclic) bond motifs is 3. The maximum Gasteiger partial charge on any atom is 0.304 e. The summed E-state index contributed by atoms with van der Waals surface area (Å²) >= 11 is 6.24. The average molecular weight is 368 g/mol. The van der Waals surface area contributed by atoms with Gasteiger partial charge in [0.25, 0.3) is 6.23 Å². The van der Waals surface area contributed by atoms with Crippen LogP contribution in [0.1, 0.15) is 36.1 Å².